The van der Waals surface area contributed by atoms with Crippen LogP contribution in [-0.4, -0.2) is 26.8 Å². The highest BCUT2D eigenvalue weighted by Gasteiger charge is 2.50. The summed E-state index contributed by atoms with van der Waals surface area (Å²) < 4.78 is 3.71. The molecule has 6 rings (SSSR count). The largest absolute Gasteiger partial charge is 0.351 e. The lowest BCUT2D eigenvalue weighted by Crippen LogP contribution is -2.51. The van der Waals surface area contributed by atoms with Crippen molar-refractivity contribution in [3.8, 4) is 5.82 Å². The number of aryl methyl sites for hydroxylation is 1. The Kier molecular flexibility index (Phi) is 3.34. The Morgan fingerprint density at radius 3 is 2.36 bits per heavy atom. The number of hydrogen-bond acceptors (Lipinski definition) is 2. The quantitative estimate of drug-likeness (QED) is 0.931. The summed E-state index contributed by atoms with van der Waals surface area (Å²) in [5.74, 6) is 3.58. The van der Waals surface area contributed by atoms with Crippen LogP contribution in [0.1, 0.15) is 48.9 Å². The zero-order chi connectivity index (χ0) is 17.0. The molecule has 132 valence electrons. The van der Waals surface area contributed by atoms with Crippen molar-refractivity contribution in [3.05, 3.63) is 36.3 Å². The lowest BCUT2D eigenvalue weighted by atomic mass is 9.49. The number of amides is 1. The first-order valence-electron chi connectivity index (χ1n) is 9.55. The summed E-state index contributed by atoms with van der Waals surface area (Å²) in [4.78, 5) is 12.9. The molecule has 1 amide bonds. The molecule has 5 heteroatoms. The minimum atomic E-state index is 0.00699. The van der Waals surface area contributed by atoms with Crippen LogP contribution in [0.5, 0.6) is 0 Å². The summed E-state index contributed by atoms with van der Waals surface area (Å²) in [6.07, 6.45) is 13.9. The van der Waals surface area contributed by atoms with Crippen LogP contribution < -0.4 is 5.32 Å². The Hall–Kier alpha value is -2.04. The van der Waals surface area contributed by atoms with E-state index in [1.807, 2.05) is 36.1 Å². The number of carbonyl (C=O) groups excluding carboxylic acids is 1. The number of aromatic nitrogens is 3. The Labute approximate surface area is 148 Å². The van der Waals surface area contributed by atoms with E-state index in [1.54, 1.807) is 10.9 Å². The fraction of sp³-hybridized carbons (Fsp3) is 0.600. The van der Waals surface area contributed by atoms with Gasteiger partial charge in [-0.3, -0.25) is 9.48 Å². The molecule has 0 aliphatic heterocycles. The number of carbonyl (C=O) groups is 1. The van der Waals surface area contributed by atoms with Gasteiger partial charge in [0.25, 0.3) is 5.91 Å². The van der Waals surface area contributed by atoms with Crippen LogP contribution in [0.15, 0.2) is 30.7 Å². The molecule has 1 N–H and O–H groups in total. The van der Waals surface area contributed by atoms with Gasteiger partial charge in [0.15, 0.2) is 0 Å². The zero-order valence-corrected chi connectivity index (χ0v) is 14.8. The second-order valence-electron chi connectivity index (χ2n) is 8.70. The molecule has 4 bridgehead atoms. The Morgan fingerprint density at radius 1 is 1.16 bits per heavy atom. The molecule has 4 aliphatic rings. The van der Waals surface area contributed by atoms with Gasteiger partial charge in [0, 0.05) is 26.0 Å². The van der Waals surface area contributed by atoms with Gasteiger partial charge in [-0.15, -0.1) is 0 Å². The van der Waals surface area contributed by atoms with E-state index in [4.69, 9.17) is 0 Å². The van der Waals surface area contributed by atoms with Gasteiger partial charge >= 0.3 is 0 Å². The molecule has 25 heavy (non-hydrogen) atoms. The van der Waals surface area contributed by atoms with Crippen molar-refractivity contribution in [1.29, 1.82) is 0 Å². The molecule has 0 saturated heterocycles. The Morgan fingerprint density at radius 2 is 1.76 bits per heavy atom. The van der Waals surface area contributed by atoms with Crippen LogP contribution in [-0.2, 0) is 7.05 Å². The Balaban J connectivity index is 1.34. The normalized spacial score (nSPS) is 32.9. The average molecular weight is 338 g/mol. The lowest BCUT2D eigenvalue weighted by molar-refractivity contribution is -0.0503. The lowest BCUT2D eigenvalue weighted by Gasteiger charge is -2.56. The third-order valence-corrected chi connectivity index (χ3v) is 6.79. The molecule has 0 unspecified atom stereocenters. The van der Waals surface area contributed by atoms with Gasteiger partial charge in [0.2, 0.25) is 0 Å². The number of nitrogens with zero attached hydrogens (tertiary/aromatic N) is 3. The number of hydrogen-bond donors (Lipinski definition) is 1. The first kappa shape index (κ1) is 15.2. The highest BCUT2D eigenvalue weighted by Crippen LogP contribution is 2.59. The van der Waals surface area contributed by atoms with Crippen molar-refractivity contribution in [2.24, 2.45) is 30.2 Å². The molecule has 2 aromatic rings. The van der Waals surface area contributed by atoms with Gasteiger partial charge in [-0.2, -0.15) is 5.10 Å². The van der Waals surface area contributed by atoms with Gasteiger partial charge in [-0.25, -0.2) is 0 Å². The van der Waals surface area contributed by atoms with Gasteiger partial charge in [-0.05, 0) is 73.8 Å². The zero-order valence-electron chi connectivity index (χ0n) is 14.8. The topological polar surface area (TPSA) is 51.9 Å². The van der Waals surface area contributed by atoms with Crippen molar-refractivity contribution in [2.75, 3.05) is 6.54 Å². The minimum absolute atomic E-state index is 0.00699. The maximum absolute atomic E-state index is 12.9. The summed E-state index contributed by atoms with van der Waals surface area (Å²) >= 11 is 0. The SMILES string of the molecule is Cn1ncc(C(=O)NCC23CC4CC(CC(C4)C2)C3)c1-n1cccc1. The standard InChI is InChI=1S/C20H26N4O/c1-23-19(24-4-2-3-5-24)17(12-22-23)18(25)21-13-20-9-14-6-15(10-20)8-16(7-14)11-20/h2-5,12,14-16H,6-11,13H2,1H3,(H,21,25). The van der Waals surface area contributed by atoms with E-state index < -0.39 is 0 Å². The van der Waals surface area contributed by atoms with E-state index in [9.17, 15) is 4.79 Å². The summed E-state index contributed by atoms with van der Waals surface area (Å²) in [5.41, 5.74) is 1.02. The molecule has 0 spiro atoms. The molecule has 0 aromatic carbocycles. The molecule has 0 atom stereocenters. The molecule has 5 nitrogen and oxygen atoms in total. The summed E-state index contributed by atoms with van der Waals surface area (Å²) in [5, 5.41) is 7.57. The van der Waals surface area contributed by atoms with Crippen LogP contribution in [0.2, 0.25) is 0 Å². The molecule has 4 aliphatic carbocycles. The highest BCUT2D eigenvalue weighted by molar-refractivity contribution is 5.97. The maximum atomic E-state index is 12.9. The van der Waals surface area contributed by atoms with E-state index in [0.29, 0.717) is 11.0 Å². The van der Waals surface area contributed by atoms with E-state index in [0.717, 1.165) is 30.1 Å². The van der Waals surface area contributed by atoms with Crippen LogP contribution in [0.25, 0.3) is 5.82 Å². The van der Waals surface area contributed by atoms with Crippen LogP contribution in [0.3, 0.4) is 0 Å². The summed E-state index contributed by atoms with van der Waals surface area (Å²) in [6, 6.07) is 3.92. The smallest absolute Gasteiger partial charge is 0.256 e. The van der Waals surface area contributed by atoms with Crippen molar-refractivity contribution in [2.45, 2.75) is 38.5 Å². The van der Waals surface area contributed by atoms with Crippen molar-refractivity contribution in [1.82, 2.24) is 19.7 Å². The fourth-order valence-electron chi connectivity index (χ4n) is 6.24. The molecule has 0 radical (unpaired) electrons. The molecule has 2 heterocycles. The maximum Gasteiger partial charge on any atom is 0.256 e. The number of rotatable bonds is 4. The third kappa shape index (κ3) is 2.52. The predicted molar refractivity (Wildman–Crippen MR) is 95.5 cm³/mol. The van der Waals surface area contributed by atoms with Gasteiger partial charge in [-0.1, -0.05) is 0 Å². The fourth-order valence-corrected chi connectivity index (χ4v) is 6.24. The van der Waals surface area contributed by atoms with E-state index >= 15 is 0 Å². The first-order chi connectivity index (χ1) is 12.1. The van der Waals surface area contributed by atoms with Crippen LogP contribution in [0.4, 0.5) is 0 Å². The molecular formula is C20H26N4O. The van der Waals surface area contributed by atoms with Crippen molar-refractivity contribution in [3.63, 3.8) is 0 Å². The summed E-state index contributed by atoms with van der Waals surface area (Å²) in [6.45, 7) is 0.829. The van der Waals surface area contributed by atoms with Gasteiger partial charge in [0.1, 0.15) is 11.4 Å². The first-order valence-corrected chi connectivity index (χ1v) is 9.55. The van der Waals surface area contributed by atoms with E-state index in [-0.39, 0.29) is 5.91 Å². The number of nitrogens with one attached hydrogen (secondary N) is 1. The van der Waals surface area contributed by atoms with Crippen LogP contribution in [0, 0.1) is 23.2 Å². The van der Waals surface area contributed by atoms with E-state index in [2.05, 4.69) is 10.4 Å². The Bertz CT molecular complexity index is 753. The predicted octanol–water partition coefficient (Wildman–Crippen LogP) is 3.16. The molecular weight excluding hydrogens is 312 g/mol. The highest BCUT2D eigenvalue weighted by atomic mass is 16.1. The van der Waals surface area contributed by atoms with Crippen LogP contribution >= 0.6 is 0 Å². The average Bonchev–Trinajstić information content (AvgIpc) is 3.20. The molecule has 4 fully saturated rings. The van der Waals surface area contributed by atoms with Gasteiger partial charge in [0.05, 0.1) is 6.20 Å². The third-order valence-electron chi connectivity index (χ3n) is 6.79. The molecule has 4 saturated carbocycles. The summed E-state index contributed by atoms with van der Waals surface area (Å²) in [7, 11) is 1.88. The second kappa shape index (κ2) is 5.48. The molecule has 2 aromatic heterocycles. The monoisotopic (exact) mass is 338 g/mol. The van der Waals surface area contributed by atoms with E-state index in [1.165, 1.54) is 38.5 Å². The second-order valence-corrected chi connectivity index (χ2v) is 8.70. The van der Waals surface area contributed by atoms with Crippen molar-refractivity contribution < 1.29 is 4.79 Å². The van der Waals surface area contributed by atoms with Gasteiger partial charge < -0.3 is 9.88 Å². The minimum Gasteiger partial charge on any atom is -0.351 e. The van der Waals surface area contributed by atoms with Crippen molar-refractivity contribution >= 4 is 5.91 Å².